The van der Waals surface area contributed by atoms with Crippen LogP contribution in [0.2, 0.25) is 0 Å². The lowest BCUT2D eigenvalue weighted by Crippen LogP contribution is -2.02. The zero-order valence-electron chi connectivity index (χ0n) is 8.98. The van der Waals surface area contributed by atoms with Gasteiger partial charge in [-0.1, -0.05) is 11.8 Å². The fourth-order valence-corrected chi connectivity index (χ4v) is 2.99. The number of ketones is 1. The van der Waals surface area contributed by atoms with E-state index in [1.165, 1.54) is 23.0 Å². The van der Waals surface area contributed by atoms with Gasteiger partial charge in [0.25, 0.3) is 0 Å². The number of Topliss-reactive ketones (excluding diaryl/α,β-unsaturated/α-hetero) is 1. The summed E-state index contributed by atoms with van der Waals surface area (Å²) in [6, 6.07) is 1.95. The van der Waals surface area contributed by atoms with Gasteiger partial charge in [0.05, 0.1) is 5.75 Å². The molecule has 0 amide bonds. The summed E-state index contributed by atoms with van der Waals surface area (Å²) in [5.41, 5.74) is 0.828. The molecule has 0 unspecified atom stereocenters. The zero-order chi connectivity index (χ0) is 11.5. The molecule has 0 bridgehead atoms. The number of nitrogens with zero attached hydrogens (tertiary/aromatic N) is 2. The van der Waals surface area contributed by atoms with Gasteiger partial charge in [0.15, 0.2) is 10.9 Å². The molecule has 0 atom stereocenters. The molecule has 6 heteroatoms. The number of hydrogen-bond donors (Lipinski definition) is 1. The van der Waals surface area contributed by atoms with Crippen molar-refractivity contribution < 1.29 is 4.79 Å². The van der Waals surface area contributed by atoms with Crippen molar-refractivity contribution in [2.75, 3.05) is 5.75 Å². The van der Waals surface area contributed by atoms with E-state index in [0.29, 0.717) is 10.9 Å². The van der Waals surface area contributed by atoms with Gasteiger partial charge in [0.2, 0.25) is 0 Å². The van der Waals surface area contributed by atoms with Gasteiger partial charge in [-0.15, -0.1) is 11.3 Å². The van der Waals surface area contributed by atoms with Crippen molar-refractivity contribution in [2.24, 2.45) is 0 Å². The lowest BCUT2D eigenvalue weighted by Gasteiger charge is -1.97. The van der Waals surface area contributed by atoms with E-state index in [0.717, 1.165) is 10.4 Å². The van der Waals surface area contributed by atoms with Crippen molar-refractivity contribution in [1.82, 2.24) is 15.2 Å². The van der Waals surface area contributed by atoms with Crippen LogP contribution in [0, 0.1) is 13.8 Å². The maximum atomic E-state index is 11.9. The minimum Gasteiger partial charge on any atom is -0.293 e. The number of carbonyl (C=O) groups excluding carboxylic acids is 1. The fraction of sp³-hybridized carbons (Fsp3) is 0.300. The smallest absolute Gasteiger partial charge is 0.183 e. The first-order chi connectivity index (χ1) is 7.66. The molecule has 0 fully saturated rings. The molecule has 2 rings (SSSR count). The number of rotatable bonds is 4. The number of aryl methyl sites for hydroxylation is 2. The highest BCUT2D eigenvalue weighted by molar-refractivity contribution is 7.99. The van der Waals surface area contributed by atoms with Crippen LogP contribution in [0.5, 0.6) is 0 Å². The number of H-pyrrole nitrogens is 1. The Morgan fingerprint density at radius 2 is 2.38 bits per heavy atom. The Bertz CT molecular complexity index is 490. The van der Waals surface area contributed by atoms with Crippen LogP contribution in [-0.2, 0) is 0 Å². The molecule has 0 saturated carbocycles. The van der Waals surface area contributed by atoms with Crippen molar-refractivity contribution in [3.63, 3.8) is 0 Å². The molecule has 2 heterocycles. The number of nitrogens with one attached hydrogen (secondary N) is 1. The maximum Gasteiger partial charge on any atom is 0.183 e. The highest BCUT2D eigenvalue weighted by Crippen LogP contribution is 2.23. The minimum atomic E-state index is 0.142. The summed E-state index contributed by atoms with van der Waals surface area (Å²) in [6.07, 6.45) is 1.44. The molecule has 1 N–H and O–H groups in total. The Morgan fingerprint density at radius 1 is 1.56 bits per heavy atom. The van der Waals surface area contributed by atoms with Gasteiger partial charge in [0.1, 0.15) is 6.33 Å². The fourth-order valence-electron chi connectivity index (χ4n) is 1.38. The second kappa shape index (κ2) is 4.80. The van der Waals surface area contributed by atoms with E-state index in [9.17, 15) is 4.79 Å². The van der Waals surface area contributed by atoms with Crippen molar-refractivity contribution >= 4 is 28.9 Å². The van der Waals surface area contributed by atoms with Crippen molar-refractivity contribution in [2.45, 2.75) is 19.0 Å². The van der Waals surface area contributed by atoms with Crippen molar-refractivity contribution in [3.05, 3.63) is 27.7 Å². The van der Waals surface area contributed by atoms with E-state index in [1.807, 2.05) is 19.9 Å². The van der Waals surface area contributed by atoms with E-state index >= 15 is 0 Å². The lowest BCUT2D eigenvalue weighted by atomic mass is 10.2. The molecule has 0 aliphatic heterocycles. The molecule has 0 radical (unpaired) electrons. The van der Waals surface area contributed by atoms with Crippen LogP contribution in [0.3, 0.4) is 0 Å². The Labute approximate surface area is 101 Å². The largest absolute Gasteiger partial charge is 0.293 e. The lowest BCUT2D eigenvalue weighted by molar-refractivity contribution is 0.102. The van der Waals surface area contributed by atoms with Gasteiger partial charge in [-0.05, 0) is 19.9 Å². The van der Waals surface area contributed by atoms with Crippen LogP contribution in [-0.4, -0.2) is 26.7 Å². The summed E-state index contributed by atoms with van der Waals surface area (Å²) in [5.74, 6) is 0.537. The molecule has 16 heavy (non-hydrogen) atoms. The molecule has 84 valence electrons. The SMILES string of the molecule is Cc1cc(C(=O)CSc2ncn[nH]2)c(C)s1. The minimum absolute atomic E-state index is 0.142. The standard InChI is InChI=1S/C10H11N3OS2/c1-6-3-8(7(2)16-6)9(14)4-15-10-11-5-12-13-10/h3,5H,4H2,1-2H3,(H,11,12,13). The second-order valence-electron chi connectivity index (χ2n) is 3.33. The molecule has 0 spiro atoms. The first-order valence-electron chi connectivity index (χ1n) is 4.75. The Morgan fingerprint density at radius 3 is 2.94 bits per heavy atom. The van der Waals surface area contributed by atoms with Crippen LogP contribution in [0.15, 0.2) is 17.6 Å². The van der Waals surface area contributed by atoms with Gasteiger partial charge < -0.3 is 0 Å². The van der Waals surface area contributed by atoms with E-state index in [-0.39, 0.29) is 5.78 Å². The molecule has 4 nitrogen and oxygen atoms in total. The molecular weight excluding hydrogens is 242 g/mol. The summed E-state index contributed by atoms with van der Waals surface area (Å²) < 4.78 is 0. The van der Waals surface area contributed by atoms with Gasteiger partial charge >= 0.3 is 0 Å². The first-order valence-corrected chi connectivity index (χ1v) is 6.55. The van der Waals surface area contributed by atoms with Crippen LogP contribution in [0.4, 0.5) is 0 Å². The summed E-state index contributed by atoms with van der Waals surface area (Å²) in [5, 5.41) is 7.12. The quantitative estimate of drug-likeness (QED) is 0.671. The van der Waals surface area contributed by atoms with Gasteiger partial charge in [-0.3, -0.25) is 9.89 Å². The normalized spacial score (nSPS) is 10.6. The number of aromatic amines is 1. The third kappa shape index (κ3) is 2.51. The van der Waals surface area contributed by atoms with E-state index in [1.54, 1.807) is 11.3 Å². The van der Waals surface area contributed by atoms with Gasteiger partial charge in [-0.2, -0.15) is 5.10 Å². The maximum absolute atomic E-state index is 11.9. The molecule has 0 saturated heterocycles. The van der Waals surface area contributed by atoms with Crippen LogP contribution in [0.25, 0.3) is 0 Å². The number of aromatic nitrogens is 3. The third-order valence-electron chi connectivity index (χ3n) is 2.07. The highest BCUT2D eigenvalue weighted by Gasteiger charge is 2.12. The van der Waals surface area contributed by atoms with Crippen LogP contribution in [0.1, 0.15) is 20.1 Å². The van der Waals surface area contributed by atoms with Crippen LogP contribution >= 0.6 is 23.1 Å². The average molecular weight is 253 g/mol. The number of thiophene rings is 1. The molecular formula is C10H11N3OS2. The number of carbonyl (C=O) groups is 1. The summed E-state index contributed by atoms with van der Waals surface area (Å²) in [6.45, 7) is 3.99. The first kappa shape index (κ1) is 11.3. The zero-order valence-corrected chi connectivity index (χ0v) is 10.6. The topological polar surface area (TPSA) is 58.6 Å². The average Bonchev–Trinajstić information content (AvgIpc) is 2.84. The predicted molar refractivity (Wildman–Crippen MR) is 65.2 cm³/mol. The molecule has 2 aromatic rings. The van der Waals surface area contributed by atoms with Gasteiger partial charge in [-0.25, -0.2) is 4.98 Å². The van der Waals surface area contributed by atoms with Crippen molar-refractivity contribution in [1.29, 1.82) is 0 Å². The molecule has 0 aliphatic carbocycles. The predicted octanol–water partition coefficient (Wildman–Crippen LogP) is 2.46. The van der Waals surface area contributed by atoms with Gasteiger partial charge in [0, 0.05) is 15.3 Å². The summed E-state index contributed by atoms with van der Waals surface area (Å²) >= 11 is 3.03. The van der Waals surface area contributed by atoms with E-state index in [4.69, 9.17) is 0 Å². The second-order valence-corrected chi connectivity index (χ2v) is 5.75. The van der Waals surface area contributed by atoms with Crippen LogP contribution < -0.4 is 0 Å². The van der Waals surface area contributed by atoms with Crippen molar-refractivity contribution in [3.8, 4) is 0 Å². The molecule has 2 aromatic heterocycles. The number of hydrogen-bond acceptors (Lipinski definition) is 5. The number of thioether (sulfide) groups is 1. The Hall–Kier alpha value is -1.14. The third-order valence-corrected chi connectivity index (χ3v) is 3.92. The Kier molecular flexibility index (Phi) is 3.40. The molecule has 0 aliphatic rings. The van der Waals surface area contributed by atoms with E-state index < -0.39 is 0 Å². The monoisotopic (exact) mass is 253 g/mol. The highest BCUT2D eigenvalue weighted by atomic mass is 32.2. The Balaban J connectivity index is 2.01. The molecule has 0 aromatic carbocycles. The summed E-state index contributed by atoms with van der Waals surface area (Å²) in [7, 11) is 0. The summed E-state index contributed by atoms with van der Waals surface area (Å²) in [4.78, 5) is 18.1. The van der Waals surface area contributed by atoms with E-state index in [2.05, 4.69) is 15.2 Å².